The Balaban J connectivity index is 0.000000427. The average molecular weight is 1050 g/mol. The molecule has 6 fully saturated rings. The van der Waals surface area contributed by atoms with E-state index in [1.807, 2.05) is 0 Å². The van der Waals surface area contributed by atoms with Gasteiger partial charge >= 0.3 is 0 Å². The van der Waals surface area contributed by atoms with Crippen LogP contribution in [0.4, 0.5) is 0 Å². The standard InChI is InChI=1S/C11H23N.C10H21NO2S.2C10H21N.C9H19NO2S.C9H19N/c1-4-12-9-5-6-11(12)8-7-10(2)3;1-10(2)4-3-5-11-6-8-14(12,13)9-7-11;1-9(2)6-7-10-5-4-8-11(10)3;1-4-11-7-5-6-10(11)8-9(2)3;1-9(2)3-4-10-5-7-13(11,12)8-6-10;1-8(2)7-9-5-4-6-10(9)3/h10-11H,4-9H2,1-3H3;10H,3-9H2,1-2H3;2*9-10H,4-8H2,1-3H3;9H,3-8H2,1-2H3;8-9H,4-7H2,1-3H3. The van der Waals surface area contributed by atoms with Crippen molar-refractivity contribution in [1.82, 2.24) is 29.4 Å². The van der Waals surface area contributed by atoms with Crippen molar-refractivity contribution in [2.45, 2.75) is 230 Å². The van der Waals surface area contributed by atoms with Gasteiger partial charge in [-0.05, 0) is 211 Å². The van der Waals surface area contributed by atoms with Gasteiger partial charge in [0.25, 0.3) is 0 Å². The zero-order valence-corrected chi connectivity index (χ0v) is 51.9. The average Bonchev–Trinajstić information content (AvgIpc) is 4.12. The second-order valence-electron chi connectivity index (χ2n) is 25.3. The van der Waals surface area contributed by atoms with Crippen LogP contribution in [0.2, 0.25) is 0 Å². The van der Waals surface area contributed by atoms with Gasteiger partial charge in [-0.3, -0.25) is 0 Å². The molecule has 4 unspecified atom stereocenters. The van der Waals surface area contributed by atoms with Gasteiger partial charge in [0.1, 0.15) is 0 Å². The van der Waals surface area contributed by atoms with Crippen molar-refractivity contribution in [3.63, 3.8) is 0 Å². The first-order chi connectivity index (χ1) is 33.4. The topological polar surface area (TPSA) is 87.7 Å². The highest BCUT2D eigenvalue weighted by molar-refractivity contribution is 7.91. The zero-order chi connectivity index (χ0) is 53.6. The van der Waals surface area contributed by atoms with Gasteiger partial charge < -0.3 is 29.4 Å². The second kappa shape index (κ2) is 38.2. The summed E-state index contributed by atoms with van der Waals surface area (Å²) in [5.41, 5.74) is 0. The maximum atomic E-state index is 11.2. The molecule has 0 radical (unpaired) electrons. The Kier molecular flexibility index (Phi) is 37.0. The monoisotopic (exact) mass is 1040 g/mol. The normalized spacial score (nSPS) is 25.4. The Morgan fingerprint density at radius 2 is 0.746 bits per heavy atom. The van der Waals surface area contributed by atoms with E-state index in [4.69, 9.17) is 0 Å². The van der Waals surface area contributed by atoms with Gasteiger partial charge in [0.15, 0.2) is 19.7 Å². The fraction of sp³-hybridized carbons (Fsp3) is 1.00. The zero-order valence-electron chi connectivity index (χ0n) is 50.2. The lowest BCUT2D eigenvalue weighted by molar-refractivity contribution is 0.237. The van der Waals surface area contributed by atoms with Crippen LogP contribution in [0.15, 0.2) is 0 Å². The molecule has 426 valence electrons. The van der Waals surface area contributed by atoms with E-state index in [0.29, 0.717) is 28.9 Å². The molecule has 0 saturated carbocycles. The molecular formula is C59H124N6O4S2. The van der Waals surface area contributed by atoms with Crippen molar-refractivity contribution in [2.75, 3.05) is 116 Å². The van der Waals surface area contributed by atoms with E-state index in [9.17, 15) is 16.8 Å². The van der Waals surface area contributed by atoms with Crippen LogP contribution in [0.25, 0.3) is 0 Å². The Morgan fingerprint density at radius 1 is 0.394 bits per heavy atom. The molecule has 0 N–H and O–H groups in total. The summed E-state index contributed by atoms with van der Waals surface area (Å²) in [4.78, 5) is 14.8. The molecule has 6 saturated heterocycles. The molecule has 0 spiro atoms. The highest BCUT2D eigenvalue weighted by atomic mass is 32.2. The molecule has 4 atom stereocenters. The summed E-state index contributed by atoms with van der Waals surface area (Å²) < 4.78 is 44.5. The number of nitrogens with zero attached hydrogens (tertiary/aromatic N) is 6. The SMILES string of the molecule is CC(C)CC1CCCN1C.CC(C)CCC1CCCN1C.CC(C)CCCN1CCS(=O)(=O)CC1.CC(C)CCN1CCS(=O)(=O)CC1.CCN1CCCC1CC(C)C.CCN1CCCC1CCC(C)C. The van der Waals surface area contributed by atoms with Gasteiger partial charge in [0.2, 0.25) is 0 Å². The highest BCUT2D eigenvalue weighted by Crippen LogP contribution is 2.25. The van der Waals surface area contributed by atoms with Gasteiger partial charge in [-0.25, -0.2) is 16.8 Å². The quantitative estimate of drug-likeness (QED) is 0.125. The predicted octanol–water partition coefficient (Wildman–Crippen LogP) is 12.0. The Morgan fingerprint density at radius 3 is 1.14 bits per heavy atom. The number of sulfone groups is 2. The smallest absolute Gasteiger partial charge is 0.152 e. The third-order valence-corrected chi connectivity index (χ3v) is 19.2. The predicted molar refractivity (Wildman–Crippen MR) is 313 cm³/mol. The van der Waals surface area contributed by atoms with Gasteiger partial charge in [0, 0.05) is 50.3 Å². The van der Waals surface area contributed by atoms with Crippen molar-refractivity contribution in [1.29, 1.82) is 0 Å². The Labute approximate surface area is 445 Å². The fourth-order valence-corrected chi connectivity index (χ4v) is 13.6. The minimum atomic E-state index is -2.70. The number of likely N-dealkylation sites (tertiary alicyclic amines) is 4. The minimum absolute atomic E-state index is 0.352. The van der Waals surface area contributed by atoms with Gasteiger partial charge in [-0.1, -0.05) is 96.9 Å². The summed E-state index contributed by atoms with van der Waals surface area (Å²) in [5, 5.41) is 0. The molecule has 0 aromatic heterocycles. The molecule has 6 heterocycles. The van der Waals surface area contributed by atoms with Crippen molar-refractivity contribution in [3.8, 4) is 0 Å². The fourth-order valence-electron chi connectivity index (χ4n) is 11.1. The van der Waals surface area contributed by atoms with Crippen LogP contribution in [0.1, 0.15) is 206 Å². The molecule has 0 aromatic carbocycles. The van der Waals surface area contributed by atoms with E-state index in [2.05, 4.69) is 140 Å². The maximum absolute atomic E-state index is 11.2. The van der Waals surface area contributed by atoms with Crippen LogP contribution in [0, 0.1) is 35.5 Å². The molecule has 0 amide bonds. The molecule has 0 aliphatic carbocycles. The van der Waals surface area contributed by atoms with E-state index in [1.165, 1.54) is 148 Å². The van der Waals surface area contributed by atoms with Crippen LogP contribution in [-0.4, -0.2) is 186 Å². The summed E-state index contributed by atoms with van der Waals surface area (Å²) in [6.07, 6.45) is 23.4. The lowest BCUT2D eigenvalue weighted by Crippen LogP contribution is -2.40. The van der Waals surface area contributed by atoms with Crippen molar-refractivity contribution in [2.24, 2.45) is 35.5 Å². The van der Waals surface area contributed by atoms with Crippen molar-refractivity contribution >= 4 is 19.7 Å². The first-order valence-electron chi connectivity index (χ1n) is 30.1. The molecule has 6 aliphatic heterocycles. The minimum Gasteiger partial charge on any atom is -0.303 e. The summed E-state index contributed by atoms with van der Waals surface area (Å²) in [7, 11) is -0.883. The van der Waals surface area contributed by atoms with E-state index < -0.39 is 19.7 Å². The largest absolute Gasteiger partial charge is 0.303 e. The van der Waals surface area contributed by atoms with Crippen LogP contribution in [0.3, 0.4) is 0 Å². The first kappa shape index (κ1) is 68.7. The second-order valence-corrected chi connectivity index (χ2v) is 29.9. The van der Waals surface area contributed by atoms with Crippen LogP contribution < -0.4 is 0 Å². The third-order valence-electron chi connectivity index (χ3n) is 15.9. The number of rotatable bonds is 19. The van der Waals surface area contributed by atoms with E-state index in [0.717, 1.165) is 93.0 Å². The van der Waals surface area contributed by atoms with Gasteiger partial charge in [-0.15, -0.1) is 0 Å². The van der Waals surface area contributed by atoms with Gasteiger partial charge in [-0.2, -0.15) is 0 Å². The van der Waals surface area contributed by atoms with E-state index in [1.54, 1.807) is 0 Å². The molecule has 0 bridgehead atoms. The summed E-state index contributed by atoms with van der Waals surface area (Å²) in [6.45, 7) is 44.8. The van der Waals surface area contributed by atoms with Crippen LogP contribution in [0.5, 0.6) is 0 Å². The number of hydrogen-bond acceptors (Lipinski definition) is 10. The first-order valence-corrected chi connectivity index (χ1v) is 33.7. The van der Waals surface area contributed by atoms with Crippen molar-refractivity contribution in [3.05, 3.63) is 0 Å². The summed E-state index contributed by atoms with van der Waals surface area (Å²) in [5.74, 6) is 6.37. The Hall–Kier alpha value is -0.340. The lowest BCUT2D eigenvalue weighted by atomic mass is 10.0. The molecular weight excluding hydrogens is 921 g/mol. The molecule has 10 nitrogen and oxygen atoms in total. The molecule has 6 aliphatic rings. The van der Waals surface area contributed by atoms with Crippen LogP contribution in [-0.2, 0) is 19.7 Å². The molecule has 6 rings (SSSR count). The van der Waals surface area contributed by atoms with E-state index in [-0.39, 0.29) is 0 Å². The summed E-state index contributed by atoms with van der Waals surface area (Å²) >= 11 is 0. The highest BCUT2D eigenvalue weighted by Gasteiger charge is 2.26. The summed E-state index contributed by atoms with van der Waals surface area (Å²) in [6, 6.07) is 3.61. The number of hydrogen-bond donors (Lipinski definition) is 0. The van der Waals surface area contributed by atoms with E-state index >= 15 is 0 Å². The molecule has 0 aromatic rings. The van der Waals surface area contributed by atoms with Gasteiger partial charge in [0.05, 0.1) is 23.0 Å². The molecule has 12 heteroatoms. The third kappa shape index (κ3) is 34.1. The maximum Gasteiger partial charge on any atom is 0.152 e. The Bertz CT molecular complexity index is 1480. The molecule has 71 heavy (non-hydrogen) atoms. The van der Waals surface area contributed by atoms with Crippen LogP contribution >= 0.6 is 0 Å². The lowest BCUT2D eigenvalue weighted by Gasteiger charge is -2.26. The van der Waals surface area contributed by atoms with Crippen molar-refractivity contribution < 1.29 is 16.8 Å².